The van der Waals surface area contributed by atoms with Crippen LogP contribution in [0.5, 0.6) is 11.8 Å². The molecule has 0 aliphatic carbocycles. The summed E-state index contributed by atoms with van der Waals surface area (Å²) < 4.78 is 33.9. The van der Waals surface area contributed by atoms with Crippen LogP contribution < -0.4 is 14.4 Å². The third-order valence-electron chi connectivity index (χ3n) is 9.03. The summed E-state index contributed by atoms with van der Waals surface area (Å²) in [4.78, 5) is 28.5. The van der Waals surface area contributed by atoms with Crippen LogP contribution in [0.3, 0.4) is 0 Å². The van der Waals surface area contributed by atoms with Crippen LogP contribution in [0, 0.1) is 5.82 Å². The molecule has 1 amide bonds. The Bertz CT molecular complexity index is 1470. The Kier molecular flexibility index (Phi) is 6.00. The van der Waals surface area contributed by atoms with Crippen LogP contribution in [0.15, 0.2) is 30.4 Å². The standard InChI is InChI=1S/C30H35ClFN5O4/c1-16-9-30(10-17(2)12-35(30)11-16)15-40-22-8-20-23-25(33-22)24(32)26(31)34-27(23)39-14-21-19-7-6-18(13-36(20)21)37(19)28(38)41-29(3,4)5/h8,18-19,21H,1-2,6-7,9-15H2,3-5H3/t18-,19+,21-/m1/s1. The molecule has 5 aliphatic rings. The summed E-state index contributed by atoms with van der Waals surface area (Å²) in [7, 11) is 0. The van der Waals surface area contributed by atoms with Crippen LogP contribution in [0.4, 0.5) is 14.9 Å². The first-order chi connectivity index (χ1) is 19.4. The molecule has 7 rings (SSSR count). The number of halogens is 2. The monoisotopic (exact) mass is 583 g/mol. The number of aromatic nitrogens is 2. The molecule has 0 N–H and O–H groups in total. The van der Waals surface area contributed by atoms with Gasteiger partial charge in [0.2, 0.25) is 11.8 Å². The Morgan fingerprint density at radius 1 is 1.20 bits per heavy atom. The van der Waals surface area contributed by atoms with E-state index in [1.807, 2.05) is 31.7 Å². The Morgan fingerprint density at radius 2 is 1.93 bits per heavy atom. The molecule has 11 heteroatoms. The lowest BCUT2D eigenvalue weighted by molar-refractivity contribution is 0.00546. The highest BCUT2D eigenvalue weighted by molar-refractivity contribution is 6.30. The smallest absolute Gasteiger partial charge is 0.410 e. The van der Waals surface area contributed by atoms with E-state index in [1.54, 1.807) is 0 Å². The molecule has 0 unspecified atom stereocenters. The van der Waals surface area contributed by atoms with Crippen molar-refractivity contribution in [3.63, 3.8) is 0 Å². The van der Waals surface area contributed by atoms with Gasteiger partial charge in [-0.2, -0.15) is 4.98 Å². The minimum absolute atomic E-state index is 0.0493. The highest BCUT2D eigenvalue weighted by Gasteiger charge is 2.52. The van der Waals surface area contributed by atoms with Gasteiger partial charge in [0.15, 0.2) is 11.0 Å². The molecule has 2 aromatic rings. The molecule has 3 atom stereocenters. The SMILES string of the molecule is C=C1CN2CC(=C)CC2(COc2cc3c4c(nc(Cl)c(F)c4n2)OC[C@@H]2[C@@H]4CC[C@H](CN32)N4C(=O)OC(C)(C)C)C1. The highest BCUT2D eigenvalue weighted by Crippen LogP contribution is 2.47. The average Bonchev–Trinajstić information content (AvgIpc) is 3.44. The second kappa shape index (κ2) is 9.19. The van der Waals surface area contributed by atoms with Gasteiger partial charge in [0.1, 0.15) is 24.3 Å². The number of amides is 1. The zero-order valence-electron chi connectivity index (χ0n) is 23.7. The summed E-state index contributed by atoms with van der Waals surface area (Å²) in [5.41, 5.74) is 2.32. The summed E-state index contributed by atoms with van der Waals surface area (Å²) in [6.07, 6.45) is 3.00. The molecule has 7 heterocycles. The molecule has 2 bridgehead atoms. The average molecular weight is 584 g/mol. The van der Waals surface area contributed by atoms with E-state index < -0.39 is 11.4 Å². The van der Waals surface area contributed by atoms with Crippen LogP contribution in [-0.4, -0.2) is 88.0 Å². The fourth-order valence-corrected chi connectivity index (χ4v) is 7.68. The van der Waals surface area contributed by atoms with Gasteiger partial charge in [-0.1, -0.05) is 35.9 Å². The second-order valence-electron chi connectivity index (χ2n) is 13.2. The van der Waals surface area contributed by atoms with Crippen LogP contribution in [0.1, 0.15) is 46.5 Å². The Morgan fingerprint density at radius 3 is 2.63 bits per heavy atom. The molecule has 2 aromatic heterocycles. The first-order valence-corrected chi connectivity index (χ1v) is 14.6. The summed E-state index contributed by atoms with van der Waals surface area (Å²) in [6.45, 7) is 16.9. The minimum atomic E-state index is -0.710. The number of piperazine rings is 1. The van der Waals surface area contributed by atoms with Gasteiger partial charge in [0, 0.05) is 25.7 Å². The number of pyridine rings is 2. The molecule has 0 radical (unpaired) electrons. The third-order valence-corrected chi connectivity index (χ3v) is 9.28. The van der Waals surface area contributed by atoms with Gasteiger partial charge < -0.3 is 19.1 Å². The van der Waals surface area contributed by atoms with E-state index in [4.69, 9.17) is 25.8 Å². The normalized spacial score (nSPS) is 26.6. The molecular weight excluding hydrogens is 549 g/mol. The lowest BCUT2D eigenvalue weighted by atomic mass is 9.92. The van der Waals surface area contributed by atoms with Crippen molar-refractivity contribution in [1.29, 1.82) is 0 Å². The van der Waals surface area contributed by atoms with Crippen molar-refractivity contribution >= 4 is 34.3 Å². The van der Waals surface area contributed by atoms with Gasteiger partial charge >= 0.3 is 6.09 Å². The highest BCUT2D eigenvalue weighted by atomic mass is 35.5. The van der Waals surface area contributed by atoms with Crippen molar-refractivity contribution in [2.24, 2.45) is 0 Å². The number of carbonyl (C=O) groups is 1. The van der Waals surface area contributed by atoms with E-state index in [-0.39, 0.29) is 52.9 Å². The zero-order valence-corrected chi connectivity index (χ0v) is 24.5. The predicted octanol–water partition coefficient (Wildman–Crippen LogP) is 5.11. The quantitative estimate of drug-likeness (QED) is 0.364. The first-order valence-electron chi connectivity index (χ1n) is 14.2. The fraction of sp³-hybridized carbons (Fsp3) is 0.567. The molecule has 218 valence electrons. The van der Waals surface area contributed by atoms with Crippen LogP contribution in [0.2, 0.25) is 5.15 Å². The van der Waals surface area contributed by atoms with Crippen LogP contribution >= 0.6 is 11.6 Å². The number of nitrogens with zero attached hydrogens (tertiary/aromatic N) is 5. The third kappa shape index (κ3) is 4.33. The lowest BCUT2D eigenvalue weighted by Crippen LogP contribution is -2.63. The molecule has 4 saturated heterocycles. The molecule has 0 spiro atoms. The lowest BCUT2D eigenvalue weighted by Gasteiger charge is -2.47. The number of anilines is 1. The molecular formula is C30H35ClFN5O4. The molecule has 0 aromatic carbocycles. The number of hydrogen-bond acceptors (Lipinski definition) is 8. The molecule has 0 saturated carbocycles. The van der Waals surface area contributed by atoms with E-state index in [9.17, 15) is 4.79 Å². The summed E-state index contributed by atoms with van der Waals surface area (Å²) >= 11 is 6.22. The minimum Gasteiger partial charge on any atom is -0.476 e. The van der Waals surface area contributed by atoms with Crippen molar-refractivity contribution in [3.8, 4) is 11.8 Å². The summed E-state index contributed by atoms with van der Waals surface area (Å²) in [5, 5.41) is 0.166. The van der Waals surface area contributed by atoms with Gasteiger partial charge in [-0.25, -0.2) is 14.2 Å². The van der Waals surface area contributed by atoms with E-state index in [0.717, 1.165) is 44.5 Å². The van der Waals surface area contributed by atoms with Gasteiger partial charge in [-0.15, -0.1) is 0 Å². The summed E-state index contributed by atoms with van der Waals surface area (Å²) in [5.74, 6) is -0.164. The van der Waals surface area contributed by atoms with E-state index in [2.05, 4.69) is 32.9 Å². The van der Waals surface area contributed by atoms with Gasteiger partial charge in [0.05, 0.1) is 34.7 Å². The van der Waals surface area contributed by atoms with Crippen molar-refractivity contribution in [2.45, 2.75) is 75.7 Å². The first kappa shape index (κ1) is 26.8. The largest absolute Gasteiger partial charge is 0.476 e. The van der Waals surface area contributed by atoms with E-state index in [0.29, 0.717) is 24.4 Å². The number of carbonyl (C=O) groups excluding carboxylic acids is 1. The topological polar surface area (TPSA) is 80.3 Å². The molecule has 4 fully saturated rings. The summed E-state index contributed by atoms with van der Waals surface area (Å²) in [6, 6.07) is 1.49. The maximum Gasteiger partial charge on any atom is 0.410 e. The number of fused-ring (bicyclic) bond motifs is 6. The molecule has 5 aliphatic heterocycles. The van der Waals surface area contributed by atoms with Crippen molar-refractivity contribution in [1.82, 2.24) is 19.8 Å². The van der Waals surface area contributed by atoms with Gasteiger partial charge in [0.25, 0.3) is 0 Å². The van der Waals surface area contributed by atoms with E-state index in [1.165, 1.54) is 11.1 Å². The van der Waals surface area contributed by atoms with Crippen molar-refractivity contribution in [2.75, 3.05) is 37.7 Å². The van der Waals surface area contributed by atoms with E-state index >= 15 is 4.39 Å². The maximum absolute atomic E-state index is 15.5. The van der Waals surface area contributed by atoms with Crippen LogP contribution in [-0.2, 0) is 4.74 Å². The zero-order chi connectivity index (χ0) is 28.8. The number of rotatable bonds is 3. The maximum atomic E-state index is 15.5. The Balaban J connectivity index is 1.26. The van der Waals surface area contributed by atoms with Crippen molar-refractivity contribution in [3.05, 3.63) is 41.3 Å². The fourth-order valence-electron chi connectivity index (χ4n) is 7.52. The Hall–Kier alpha value is -3.11. The number of hydrogen-bond donors (Lipinski definition) is 0. The van der Waals surface area contributed by atoms with Gasteiger partial charge in [-0.05, 0) is 46.5 Å². The molecule has 41 heavy (non-hydrogen) atoms. The van der Waals surface area contributed by atoms with Gasteiger partial charge in [-0.3, -0.25) is 9.80 Å². The van der Waals surface area contributed by atoms with Crippen LogP contribution in [0.25, 0.3) is 10.9 Å². The molecule has 9 nitrogen and oxygen atoms in total. The predicted molar refractivity (Wildman–Crippen MR) is 153 cm³/mol. The van der Waals surface area contributed by atoms with Crippen molar-refractivity contribution < 1.29 is 23.4 Å². The second-order valence-corrected chi connectivity index (χ2v) is 13.5. The Labute approximate surface area is 243 Å². The number of ether oxygens (including phenoxy) is 3.